The lowest BCUT2D eigenvalue weighted by Crippen LogP contribution is -2.11. The van der Waals surface area contributed by atoms with E-state index in [1.54, 1.807) is 0 Å². The van der Waals surface area contributed by atoms with Crippen molar-refractivity contribution in [3.05, 3.63) is 16.3 Å². The van der Waals surface area contributed by atoms with Crippen LogP contribution in [0.3, 0.4) is 0 Å². The van der Waals surface area contributed by atoms with Crippen molar-refractivity contribution in [2.45, 2.75) is 0 Å². The van der Waals surface area contributed by atoms with E-state index < -0.39 is 10.8 Å². The van der Waals surface area contributed by atoms with Gasteiger partial charge in [-0.3, -0.25) is 14.9 Å². The van der Waals surface area contributed by atoms with Crippen LogP contribution < -0.4 is 5.32 Å². The molecule has 0 aliphatic rings. The first-order valence-corrected chi connectivity index (χ1v) is 4.44. The Labute approximate surface area is 81.7 Å². The highest BCUT2D eigenvalue weighted by molar-refractivity contribution is 7.18. The Morgan fingerprint density at radius 1 is 1.85 bits per heavy atom. The Kier molecular flexibility index (Phi) is 3.15. The Balaban J connectivity index is 2.69. The lowest BCUT2D eigenvalue weighted by molar-refractivity contribution is -0.380. The van der Waals surface area contributed by atoms with E-state index in [-0.39, 0.29) is 16.0 Å². The molecule has 1 heterocycles. The molecule has 6 nitrogen and oxygen atoms in total. The van der Waals surface area contributed by atoms with Gasteiger partial charge in [-0.2, -0.15) is 0 Å². The number of hydrogen-bond acceptors (Lipinski definition) is 5. The highest BCUT2D eigenvalue weighted by atomic mass is 35.5. The maximum atomic E-state index is 10.7. The summed E-state index contributed by atoms with van der Waals surface area (Å²) in [5.74, 6) is -0.640. The van der Waals surface area contributed by atoms with Crippen molar-refractivity contribution in [1.29, 1.82) is 0 Å². The second-order valence-corrected chi connectivity index (χ2v) is 3.22. The molecule has 0 aliphatic heterocycles. The predicted molar refractivity (Wildman–Crippen MR) is 48.1 cm³/mol. The van der Waals surface area contributed by atoms with Gasteiger partial charge in [0.15, 0.2) is 5.13 Å². The lowest BCUT2D eigenvalue weighted by Gasteiger charge is -1.93. The largest absolute Gasteiger partial charge is 0.345 e. The lowest BCUT2D eigenvalue weighted by atomic mass is 10.7. The van der Waals surface area contributed by atoms with Gasteiger partial charge in [-0.15, -0.1) is 11.6 Å². The van der Waals surface area contributed by atoms with Crippen molar-refractivity contribution in [1.82, 2.24) is 4.98 Å². The van der Waals surface area contributed by atoms with Gasteiger partial charge in [-0.05, 0) is 11.3 Å². The summed E-state index contributed by atoms with van der Waals surface area (Å²) in [7, 11) is 0. The molecule has 0 saturated heterocycles. The first-order valence-electron chi connectivity index (χ1n) is 3.09. The van der Waals surface area contributed by atoms with Gasteiger partial charge in [0.1, 0.15) is 12.1 Å². The van der Waals surface area contributed by atoms with Crippen LogP contribution in [-0.2, 0) is 4.79 Å². The molecule has 0 aromatic carbocycles. The minimum atomic E-state index is -0.575. The van der Waals surface area contributed by atoms with Gasteiger partial charge in [-0.25, -0.2) is 4.98 Å². The molecule has 0 radical (unpaired) electrons. The van der Waals surface area contributed by atoms with Gasteiger partial charge < -0.3 is 5.32 Å². The topological polar surface area (TPSA) is 85.1 Å². The summed E-state index contributed by atoms with van der Waals surface area (Å²) in [6, 6.07) is 0. The van der Waals surface area contributed by atoms with Crippen LogP contribution in [0.5, 0.6) is 0 Å². The minimum Gasteiger partial charge on any atom is -0.301 e. The number of nitrogens with zero attached hydrogens (tertiary/aromatic N) is 2. The molecule has 0 saturated carbocycles. The van der Waals surface area contributed by atoms with Crippen LogP contribution in [-0.4, -0.2) is 21.7 Å². The zero-order chi connectivity index (χ0) is 9.84. The number of carbonyl (C=O) groups is 1. The quantitative estimate of drug-likeness (QED) is 0.473. The summed E-state index contributed by atoms with van der Waals surface area (Å²) in [6.45, 7) is 0. The first kappa shape index (κ1) is 9.87. The molecular weight excluding hydrogens is 218 g/mol. The summed E-state index contributed by atoms with van der Waals surface area (Å²) in [5.41, 5.74) is 0. The molecule has 1 aromatic heterocycles. The number of amides is 1. The molecule has 0 atom stereocenters. The molecule has 0 bridgehead atoms. The van der Waals surface area contributed by atoms with E-state index in [1.807, 2.05) is 0 Å². The molecule has 8 heteroatoms. The number of alkyl halides is 1. The van der Waals surface area contributed by atoms with Crippen molar-refractivity contribution in [2.24, 2.45) is 0 Å². The van der Waals surface area contributed by atoms with Crippen molar-refractivity contribution in [3.63, 3.8) is 0 Å². The zero-order valence-electron chi connectivity index (χ0n) is 6.19. The number of aromatic nitrogens is 1. The summed E-state index contributed by atoms with van der Waals surface area (Å²) in [4.78, 5) is 24.0. The molecule has 0 fully saturated rings. The molecule has 0 unspecified atom stereocenters. The molecule has 1 amide bonds. The van der Waals surface area contributed by atoms with E-state index in [2.05, 4.69) is 10.3 Å². The smallest absolute Gasteiger partial charge is 0.301 e. The fourth-order valence-corrected chi connectivity index (χ4v) is 1.28. The fraction of sp³-hybridized carbons (Fsp3) is 0.200. The van der Waals surface area contributed by atoms with Gasteiger partial charge in [0.2, 0.25) is 5.91 Å². The Morgan fingerprint density at radius 2 is 2.54 bits per heavy atom. The van der Waals surface area contributed by atoms with Crippen LogP contribution in [0.2, 0.25) is 0 Å². The summed E-state index contributed by atoms with van der Waals surface area (Å²) in [5, 5.41) is 12.6. The van der Waals surface area contributed by atoms with E-state index in [9.17, 15) is 14.9 Å². The number of hydrogen-bond donors (Lipinski definition) is 1. The molecule has 1 rings (SSSR count). The average Bonchev–Trinajstić information content (AvgIpc) is 2.52. The molecule has 1 aromatic rings. The third-order valence-corrected chi connectivity index (χ3v) is 2.15. The highest BCUT2D eigenvalue weighted by Crippen LogP contribution is 2.24. The van der Waals surface area contributed by atoms with Crippen LogP contribution in [0.1, 0.15) is 0 Å². The Morgan fingerprint density at radius 3 is 3.00 bits per heavy atom. The second kappa shape index (κ2) is 4.15. The van der Waals surface area contributed by atoms with Gasteiger partial charge in [-0.1, -0.05) is 0 Å². The fourth-order valence-electron chi connectivity index (χ4n) is 0.560. The van der Waals surface area contributed by atoms with E-state index in [1.165, 1.54) is 0 Å². The highest BCUT2D eigenvalue weighted by Gasteiger charge is 2.12. The van der Waals surface area contributed by atoms with Crippen molar-refractivity contribution < 1.29 is 9.72 Å². The molecular formula is C5H4ClN3O3S. The zero-order valence-corrected chi connectivity index (χ0v) is 7.76. The molecule has 0 aliphatic carbocycles. The van der Waals surface area contributed by atoms with Crippen LogP contribution in [0.4, 0.5) is 10.1 Å². The van der Waals surface area contributed by atoms with Crippen LogP contribution >= 0.6 is 22.9 Å². The normalized spacial score (nSPS) is 9.62. The maximum absolute atomic E-state index is 10.7. The van der Waals surface area contributed by atoms with E-state index >= 15 is 0 Å². The predicted octanol–water partition coefficient (Wildman–Crippen LogP) is 1.23. The van der Waals surface area contributed by atoms with Crippen molar-refractivity contribution in [2.75, 3.05) is 11.2 Å². The van der Waals surface area contributed by atoms with Crippen LogP contribution in [0.15, 0.2) is 6.20 Å². The van der Waals surface area contributed by atoms with E-state index in [4.69, 9.17) is 11.6 Å². The third kappa shape index (κ3) is 2.63. The van der Waals surface area contributed by atoms with Gasteiger partial charge in [0.25, 0.3) is 0 Å². The van der Waals surface area contributed by atoms with Crippen molar-refractivity contribution >= 4 is 39.0 Å². The molecule has 1 N–H and O–H groups in total. The average molecular weight is 222 g/mol. The summed E-state index contributed by atoms with van der Waals surface area (Å²) >= 11 is 5.99. The third-order valence-electron chi connectivity index (χ3n) is 1.04. The molecule has 70 valence electrons. The standard InChI is InChI=1S/C5H4ClN3O3S/c6-1-3(10)8-5-7-2-4(13-5)9(11)12/h2H,1H2,(H,7,8,10). The number of halogens is 1. The first-order chi connectivity index (χ1) is 6.13. The number of nitrogens with one attached hydrogen (secondary N) is 1. The van der Waals surface area contributed by atoms with Gasteiger partial charge in [0.05, 0.1) is 4.92 Å². The maximum Gasteiger partial charge on any atom is 0.345 e. The van der Waals surface area contributed by atoms with Gasteiger partial charge in [0, 0.05) is 0 Å². The number of anilines is 1. The van der Waals surface area contributed by atoms with E-state index in [0.29, 0.717) is 0 Å². The number of nitro groups is 1. The summed E-state index contributed by atoms with van der Waals surface area (Å²) < 4.78 is 0. The SMILES string of the molecule is O=C(CCl)Nc1ncc([N+](=O)[O-])s1. The van der Waals surface area contributed by atoms with Crippen LogP contribution in [0.25, 0.3) is 0 Å². The van der Waals surface area contributed by atoms with E-state index in [0.717, 1.165) is 17.5 Å². The Bertz CT molecular complexity index is 340. The van der Waals surface area contributed by atoms with Crippen molar-refractivity contribution in [3.8, 4) is 0 Å². The summed E-state index contributed by atoms with van der Waals surface area (Å²) in [6.07, 6.45) is 1.08. The van der Waals surface area contributed by atoms with Crippen LogP contribution in [0, 0.1) is 10.1 Å². The van der Waals surface area contributed by atoms with Gasteiger partial charge >= 0.3 is 5.00 Å². The monoisotopic (exact) mass is 221 g/mol. The minimum absolute atomic E-state index is 0.120. The number of rotatable bonds is 3. The number of thiazole rings is 1. The number of carbonyl (C=O) groups excluding carboxylic acids is 1. The molecule has 13 heavy (non-hydrogen) atoms. The Hall–Kier alpha value is -1.21. The molecule has 0 spiro atoms. The second-order valence-electron chi connectivity index (χ2n) is 1.94.